The number of rotatable bonds is 7. The number of nitrogens with one attached hydrogen (secondary N) is 1. The summed E-state index contributed by atoms with van der Waals surface area (Å²) in [5.41, 5.74) is 0.803. The van der Waals surface area contributed by atoms with Crippen LogP contribution >= 0.6 is 11.6 Å². The molecule has 0 aromatic carbocycles. The second-order valence-electron chi connectivity index (χ2n) is 4.67. The lowest BCUT2D eigenvalue weighted by Gasteiger charge is -2.25. The van der Waals surface area contributed by atoms with Crippen LogP contribution in [0.2, 0.25) is 0 Å². The van der Waals surface area contributed by atoms with Gasteiger partial charge in [-0.1, -0.05) is 0 Å². The van der Waals surface area contributed by atoms with E-state index in [4.69, 9.17) is 21.1 Å². The van der Waals surface area contributed by atoms with E-state index in [1.54, 1.807) is 26.5 Å². The first-order chi connectivity index (χ1) is 8.54. The standard InChI is InChI=1S/C13H21ClN2O2/c1-13(2,6-7-14)16-9-10-12(18-4)11(17-3)5-8-15-10/h5,8,16H,6-7,9H2,1-4H3. The molecular weight excluding hydrogens is 252 g/mol. The number of methoxy groups -OCH3 is 2. The van der Waals surface area contributed by atoms with E-state index in [1.165, 1.54) is 0 Å². The van der Waals surface area contributed by atoms with Gasteiger partial charge in [0.05, 0.1) is 19.9 Å². The van der Waals surface area contributed by atoms with Crippen LogP contribution in [0.4, 0.5) is 0 Å². The Kier molecular flexibility index (Phi) is 5.69. The van der Waals surface area contributed by atoms with Gasteiger partial charge in [0.15, 0.2) is 11.5 Å². The van der Waals surface area contributed by atoms with Crippen molar-refractivity contribution < 1.29 is 9.47 Å². The Bertz CT molecular complexity index is 383. The number of pyridine rings is 1. The van der Waals surface area contributed by atoms with E-state index in [-0.39, 0.29) is 5.54 Å². The molecule has 0 aliphatic heterocycles. The van der Waals surface area contributed by atoms with Crippen LogP contribution in [0.1, 0.15) is 26.0 Å². The quantitative estimate of drug-likeness (QED) is 0.775. The SMILES string of the molecule is COc1ccnc(CNC(C)(C)CCCl)c1OC. The van der Waals surface area contributed by atoms with Crippen LogP contribution in [0.5, 0.6) is 11.5 Å². The Labute approximate surface area is 114 Å². The molecule has 18 heavy (non-hydrogen) atoms. The van der Waals surface area contributed by atoms with Gasteiger partial charge in [0, 0.05) is 30.2 Å². The average molecular weight is 273 g/mol. The van der Waals surface area contributed by atoms with Crippen molar-refractivity contribution in [3.63, 3.8) is 0 Å². The third kappa shape index (κ3) is 4.03. The predicted molar refractivity (Wildman–Crippen MR) is 73.6 cm³/mol. The van der Waals surface area contributed by atoms with Crippen molar-refractivity contribution in [2.24, 2.45) is 0 Å². The van der Waals surface area contributed by atoms with E-state index in [9.17, 15) is 0 Å². The zero-order valence-electron chi connectivity index (χ0n) is 11.4. The summed E-state index contributed by atoms with van der Waals surface area (Å²) < 4.78 is 10.6. The molecule has 1 aromatic rings. The lowest BCUT2D eigenvalue weighted by Crippen LogP contribution is -2.39. The summed E-state index contributed by atoms with van der Waals surface area (Å²) in [6, 6.07) is 1.78. The number of hydrogen-bond acceptors (Lipinski definition) is 4. The zero-order chi connectivity index (χ0) is 13.6. The van der Waals surface area contributed by atoms with E-state index >= 15 is 0 Å². The molecule has 0 amide bonds. The molecule has 0 spiro atoms. The van der Waals surface area contributed by atoms with Crippen LogP contribution in [0.25, 0.3) is 0 Å². The molecule has 1 rings (SSSR count). The molecule has 0 bridgehead atoms. The molecule has 0 fully saturated rings. The van der Waals surface area contributed by atoms with Crippen molar-refractivity contribution in [1.82, 2.24) is 10.3 Å². The molecule has 1 N–H and O–H groups in total. The minimum absolute atomic E-state index is 0.0302. The summed E-state index contributed by atoms with van der Waals surface area (Å²) in [6.07, 6.45) is 2.60. The third-order valence-electron chi connectivity index (χ3n) is 2.82. The van der Waals surface area contributed by atoms with Crippen molar-refractivity contribution in [2.75, 3.05) is 20.1 Å². The van der Waals surface area contributed by atoms with Crippen LogP contribution in [0, 0.1) is 0 Å². The molecule has 0 aliphatic rings. The highest BCUT2D eigenvalue weighted by molar-refractivity contribution is 6.17. The van der Waals surface area contributed by atoms with Gasteiger partial charge in [0.25, 0.3) is 0 Å². The summed E-state index contributed by atoms with van der Waals surface area (Å²) in [5, 5.41) is 3.42. The molecule has 5 heteroatoms. The van der Waals surface area contributed by atoms with Crippen molar-refractivity contribution in [3.05, 3.63) is 18.0 Å². The predicted octanol–water partition coefficient (Wildman–Crippen LogP) is 2.60. The zero-order valence-corrected chi connectivity index (χ0v) is 12.2. The van der Waals surface area contributed by atoms with Crippen LogP contribution < -0.4 is 14.8 Å². The molecule has 0 radical (unpaired) electrons. The van der Waals surface area contributed by atoms with E-state index in [0.29, 0.717) is 23.9 Å². The Morgan fingerprint density at radius 1 is 1.33 bits per heavy atom. The molecular formula is C13H21ClN2O2. The summed E-state index contributed by atoms with van der Waals surface area (Å²) in [5.74, 6) is 2.00. The molecule has 0 saturated carbocycles. The molecule has 0 aliphatic carbocycles. The fraction of sp³-hybridized carbons (Fsp3) is 0.615. The second-order valence-corrected chi connectivity index (χ2v) is 5.05. The minimum atomic E-state index is -0.0302. The van der Waals surface area contributed by atoms with Gasteiger partial charge in [-0.25, -0.2) is 0 Å². The number of halogens is 1. The summed E-state index contributed by atoms with van der Waals surface area (Å²) in [4.78, 5) is 4.32. The first-order valence-electron chi connectivity index (χ1n) is 5.91. The van der Waals surface area contributed by atoms with Crippen molar-refractivity contribution in [2.45, 2.75) is 32.4 Å². The Morgan fingerprint density at radius 2 is 2.06 bits per heavy atom. The van der Waals surface area contributed by atoms with Crippen LogP contribution in [0.3, 0.4) is 0 Å². The van der Waals surface area contributed by atoms with Gasteiger partial charge in [-0.3, -0.25) is 4.98 Å². The summed E-state index contributed by atoms with van der Waals surface area (Å²) in [7, 11) is 3.24. The Morgan fingerprint density at radius 3 is 2.61 bits per heavy atom. The van der Waals surface area contributed by atoms with Gasteiger partial charge in [-0.2, -0.15) is 0 Å². The number of alkyl halides is 1. The van der Waals surface area contributed by atoms with E-state index in [1.807, 2.05) is 0 Å². The smallest absolute Gasteiger partial charge is 0.183 e. The molecule has 0 atom stereocenters. The molecule has 102 valence electrons. The highest BCUT2D eigenvalue weighted by Crippen LogP contribution is 2.29. The van der Waals surface area contributed by atoms with E-state index < -0.39 is 0 Å². The molecule has 1 aromatic heterocycles. The van der Waals surface area contributed by atoms with Crippen LogP contribution in [-0.2, 0) is 6.54 Å². The monoisotopic (exact) mass is 272 g/mol. The molecule has 4 nitrogen and oxygen atoms in total. The molecule has 0 saturated heterocycles. The van der Waals surface area contributed by atoms with Gasteiger partial charge in [0.2, 0.25) is 0 Å². The fourth-order valence-electron chi connectivity index (χ4n) is 1.62. The molecule has 0 unspecified atom stereocenters. The largest absolute Gasteiger partial charge is 0.493 e. The summed E-state index contributed by atoms with van der Waals surface area (Å²) >= 11 is 5.77. The maximum atomic E-state index is 5.77. The van der Waals surface area contributed by atoms with Gasteiger partial charge in [0.1, 0.15) is 0 Å². The average Bonchev–Trinajstić information content (AvgIpc) is 2.35. The van der Waals surface area contributed by atoms with Crippen molar-refractivity contribution >= 4 is 11.6 Å². The van der Waals surface area contributed by atoms with Crippen molar-refractivity contribution in [3.8, 4) is 11.5 Å². The lowest BCUT2D eigenvalue weighted by molar-refractivity contribution is 0.337. The number of ether oxygens (including phenoxy) is 2. The van der Waals surface area contributed by atoms with E-state index in [2.05, 4.69) is 24.1 Å². The number of hydrogen-bond donors (Lipinski definition) is 1. The normalized spacial score (nSPS) is 11.4. The molecule has 1 heterocycles. The third-order valence-corrected chi connectivity index (χ3v) is 3.01. The first kappa shape index (κ1) is 15.1. The highest BCUT2D eigenvalue weighted by atomic mass is 35.5. The lowest BCUT2D eigenvalue weighted by atomic mass is 10.0. The second kappa shape index (κ2) is 6.81. The van der Waals surface area contributed by atoms with Gasteiger partial charge in [-0.15, -0.1) is 11.6 Å². The number of aromatic nitrogens is 1. The van der Waals surface area contributed by atoms with Crippen LogP contribution in [-0.4, -0.2) is 30.6 Å². The topological polar surface area (TPSA) is 43.4 Å². The first-order valence-corrected chi connectivity index (χ1v) is 6.44. The van der Waals surface area contributed by atoms with E-state index in [0.717, 1.165) is 12.1 Å². The maximum absolute atomic E-state index is 5.77. The van der Waals surface area contributed by atoms with Crippen molar-refractivity contribution in [1.29, 1.82) is 0 Å². The van der Waals surface area contributed by atoms with Crippen LogP contribution in [0.15, 0.2) is 12.3 Å². The van der Waals surface area contributed by atoms with Gasteiger partial charge < -0.3 is 14.8 Å². The fourth-order valence-corrected chi connectivity index (χ4v) is 2.10. The Hall–Kier alpha value is -1.00. The summed E-state index contributed by atoms with van der Waals surface area (Å²) in [6.45, 7) is 4.84. The minimum Gasteiger partial charge on any atom is -0.493 e. The van der Waals surface area contributed by atoms with Gasteiger partial charge in [-0.05, 0) is 20.3 Å². The van der Waals surface area contributed by atoms with Gasteiger partial charge >= 0.3 is 0 Å². The Balaban J connectivity index is 2.78. The maximum Gasteiger partial charge on any atom is 0.183 e. The number of nitrogens with zero attached hydrogens (tertiary/aromatic N) is 1. The highest BCUT2D eigenvalue weighted by Gasteiger charge is 2.18.